The maximum absolute atomic E-state index is 13.4. The van der Waals surface area contributed by atoms with E-state index in [4.69, 9.17) is 9.84 Å². The number of aliphatic hydroxyl groups excluding tert-OH is 1. The molecule has 0 fully saturated rings. The first-order valence-electron chi connectivity index (χ1n) is 4.11. The average Bonchev–Trinajstić information content (AvgIpc) is 2.65. The molecule has 0 saturated heterocycles. The number of methoxy groups -OCH3 is 1. The fourth-order valence-electron chi connectivity index (χ4n) is 1.44. The molecular formula is C10H9FO2S. The van der Waals surface area contributed by atoms with E-state index >= 15 is 0 Å². The molecule has 0 aliphatic carbocycles. The van der Waals surface area contributed by atoms with Gasteiger partial charge in [0, 0.05) is 21.7 Å². The van der Waals surface area contributed by atoms with Gasteiger partial charge in [0.1, 0.15) is 11.6 Å². The van der Waals surface area contributed by atoms with Crippen molar-refractivity contribution in [3.05, 3.63) is 28.9 Å². The standard InChI is InChI=1S/C10H9FO2S/c1-13-9-4-8(11)7(5-12)10-6(9)2-3-14-10/h2-4,12H,5H2,1H3. The van der Waals surface area contributed by atoms with Crippen LogP contribution in [-0.2, 0) is 6.61 Å². The molecule has 74 valence electrons. The van der Waals surface area contributed by atoms with Gasteiger partial charge in [0.15, 0.2) is 0 Å². The summed E-state index contributed by atoms with van der Waals surface area (Å²) in [7, 11) is 1.50. The Labute approximate surface area is 84.6 Å². The SMILES string of the molecule is COc1cc(F)c(CO)c2sccc12. The topological polar surface area (TPSA) is 29.5 Å². The Kier molecular flexibility index (Phi) is 2.39. The van der Waals surface area contributed by atoms with Crippen molar-refractivity contribution in [3.8, 4) is 5.75 Å². The van der Waals surface area contributed by atoms with E-state index in [-0.39, 0.29) is 6.61 Å². The zero-order chi connectivity index (χ0) is 10.1. The van der Waals surface area contributed by atoms with Gasteiger partial charge in [-0.1, -0.05) is 0 Å². The lowest BCUT2D eigenvalue weighted by Crippen LogP contribution is -1.92. The largest absolute Gasteiger partial charge is 0.496 e. The molecule has 0 aliphatic heterocycles. The Morgan fingerprint density at radius 3 is 3.00 bits per heavy atom. The van der Waals surface area contributed by atoms with Crippen LogP contribution in [0.5, 0.6) is 5.75 Å². The molecule has 0 bridgehead atoms. The lowest BCUT2D eigenvalue weighted by molar-refractivity contribution is 0.277. The zero-order valence-electron chi connectivity index (χ0n) is 7.58. The minimum Gasteiger partial charge on any atom is -0.496 e. The minimum atomic E-state index is -0.417. The number of halogens is 1. The van der Waals surface area contributed by atoms with Crippen molar-refractivity contribution < 1.29 is 14.2 Å². The van der Waals surface area contributed by atoms with Crippen LogP contribution in [0.2, 0.25) is 0 Å². The van der Waals surface area contributed by atoms with Gasteiger partial charge in [-0.2, -0.15) is 0 Å². The molecule has 1 heterocycles. The van der Waals surface area contributed by atoms with E-state index in [0.717, 1.165) is 10.1 Å². The van der Waals surface area contributed by atoms with Gasteiger partial charge in [-0.25, -0.2) is 4.39 Å². The molecule has 0 aliphatic rings. The Balaban J connectivity index is 2.81. The molecule has 0 amide bonds. The molecule has 2 rings (SSSR count). The number of benzene rings is 1. The summed E-state index contributed by atoms with van der Waals surface area (Å²) < 4.78 is 19.2. The monoisotopic (exact) mass is 212 g/mol. The number of fused-ring (bicyclic) bond motifs is 1. The molecule has 2 nitrogen and oxygen atoms in total. The lowest BCUT2D eigenvalue weighted by Gasteiger charge is -2.06. The van der Waals surface area contributed by atoms with E-state index in [9.17, 15) is 4.39 Å². The Hall–Kier alpha value is -1.13. The van der Waals surface area contributed by atoms with Crippen LogP contribution in [0.4, 0.5) is 4.39 Å². The molecule has 4 heteroatoms. The number of ether oxygens (including phenoxy) is 1. The van der Waals surface area contributed by atoms with Crippen molar-refractivity contribution >= 4 is 21.4 Å². The summed E-state index contributed by atoms with van der Waals surface area (Å²) in [6, 6.07) is 3.16. The highest BCUT2D eigenvalue weighted by atomic mass is 32.1. The summed E-state index contributed by atoms with van der Waals surface area (Å²) >= 11 is 1.40. The number of aliphatic hydroxyl groups is 1. The van der Waals surface area contributed by atoms with E-state index in [1.165, 1.54) is 24.5 Å². The molecule has 0 saturated carbocycles. The zero-order valence-corrected chi connectivity index (χ0v) is 8.40. The van der Waals surface area contributed by atoms with Gasteiger partial charge in [-0.05, 0) is 11.4 Å². The van der Waals surface area contributed by atoms with Gasteiger partial charge in [-0.15, -0.1) is 11.3 Å². The second-order valence-electron chi connectivity index (χ2n) is 2.86. The highest BCUT2D eigenvalue weighted by Crippen LogP contribution is 2.34. The molecular weight excluding hydrogens is 203 g/mol. The van der Waals surface area contributed by atoms with E-state index in [1.54, 1.807) is 0 Å². The maximum Gasteiger partial charge on any atom is 0.133 e. The first kappa shape index (κ1) is 9.43. The van der Waals surface area contributed by atoms with E-state index in [1.807, 2.05) is 11.4 Å². The third-order valence-electron chi connectivity index (χ3n) is 2.13. The lowest BCUT2D eigenvalue weighted by atomic mass is 10.1. The highest BCUT2D eigenvalue weighted by molar-refractivity contribution is 7.17. The van der Waals surface area contributed by atoms with Gasteiger partial charge in [0.2, 0.25) is 0 Å². The predicted molar refractivity (Wildman–Crippen MR) is 54.3 cm³/mol. The van der Waals surface area contributed by atoms with Crippen LogP contribution in [0.3, 0.4) is 0 Å². The summed E-state index contributed by atoms with van der Waals surface area (Å²) in [6.07, 6.45) is 0. The second kappa shape index (κ2) is 3.55. The van der Waals surface area contributed by atoms with Crippen LogP contribution in [0.1, 0.15) is 5.56 Å². The third-order valence-corrected chi connectivity index (χ3v) is 3.10. The molecule has 0 unspecified atom stereocenters. The Bertz CT molecular complexity index is 464. The quantitative estimate of drug-likeness (QED) is 0.829. The fourth-order valence-corrected chi connectivity index (χ4v) is 2.38. The molecule has 1 aromatic carbocycles. The van der Waals surface area contributed by atoms with Crippen molar-refractivity contribution in [2.45, 2.75) is 6.61 Å². The smallest absolute Gasteiger partial charge is 0.133 e. The molecule has 0 atom stereocenters. The van der Waals surface area contributed by atoms with Crippen LogP contribution in [-0.4, -0.2) is 12.2 Å². The van der Waals surface area contributed by atoms with Gasteiger partial charge in [0.25, 0.3) is 0 Å². The summed E-state index contributed by atoms with van der Waals surface area (Å²) in [5.41, 5.74) is 0.343. The summed E-state index contributed by atoms with van der Waals surface area (Å²) in [5.74, 6) is 0.0928. The van der Waals surface area contributed by atoms with Crippen molar-refractivity contribution in [1.29, 1.82) is 0 Å². The molecule has 14 heavy (non-hydrogen) atoms. The maximum atomic E-state index is 13.4. The van der Waals surface area contributed by atoms with Crippen molar-refractivity contribution in [2.75, 3.05) is 7.11 Å². The van der Waals surface area contributed by atoms with Crippen LogP contribution < -0.4 is 4.74 Å². The average molecular weight is 212 g/mol. The highest BCUT2D eigenvalue weighted by Gasteiger charge is 2.12. The molecule has 0 radical (unpaired) electrons. The fraction of sp³-hybridized carbons (Fsp3) is 0.200. The van der Waals surface area contributed by atoms with Crippen molar-refractivity contribution in [1.82, 2.24) is 0 Å². The van der Waals surface area contributed by atoms with Gasteiger partial charge in [0.05, 0.1) is 13.7 Å². The van der Waals surface area contributed by atoms with Gasteiger partial charge >= 0.3 is 0 Å². The summed E-state index contributed by atoms with van der Waals surface area (Å²) in [4.78, 5) is 0. The number of hydrogen-bond donors (Lipinski definition) is 1. The Morgan fingerprint density at radius 2 is 2.36 bits per heavy atom. The van der Waals surface area contributed by atoms with Crippen molar-refractivity contribution in [3.63, 3.8) is 0 Å². The molecule has 1 aromatic heterocycles. The van der Waals surface area contributed by atoms with E-state index in [2.05, 4.69) is 0 Å². The van der Waals surface area contributed by atoms with Gasteiger partial charge in [-0.3, -0.25) is 0 Å². The first-order valence-corrected chi connectivity index (χ1v) is 4.99. The summed E-state index contributed by atoms with van der Waals surface area (Å²) in [6.45, 7) is -0.285. The summed E-state index contributed by atoms with van der Waals surface area (Å²) in [5, 5.41) is 11.7. The van der Waals surface area contributed by atoms with Gasteiger partial charge < -0.3 is 9.84 Å². The number of hydrogen-bond acceptors (Lipinski definition) is 3. The van der Waals surface area contributed by atoms with E-state index in [0.29, 0.717) is 11.3 Å². The van der Waals surface area contributed by atoms with Crippen LogP contribution in [0.15, 0.2) is 17.5 Å². The second-order valence-corrected chi connectivity index (χ2v) is 3.78. The van der Waals surface area contributed by atoms with E-state index < -0.39 is 5.82 Å². The van der Waals surface area contributed by atoms with Crippen LogP contribution in [0, 0.1) is 5.82 Å². The number of thiophene rings is 1. The normalized spacial score (nSPS) is 10.8. The third kappa shape index (κ3) is 1.27. The van der Waals surface area contributed by atoms with Crippen LogP contribution >= 0.6 is 11.3 Å². The van der Waals surface area contributed by atoms with Crippen molar-refractivity contribution in [2.24, 2.45) is 0 Å². The molecule has 0 spiro atoms. The Morgan fingerprint density at radius 1 is 1.57 bits per heavy atom. The predicted octanol–water partition coefficient (Wildman–Crippen LogP) is 2.54. The first-order chi connectivity index (χ1) is 6.77. The number of rotatable bonds is 2. The minimum absolute atomic E-state index is 0.285. The molecule has 2 aromatic rings. The molecule has 1 N–H and O–H groups in total. The van der Waals surface area contributed by atoms with Crippen LogP contribution in [0.25, 0.3) is 10.1 Å².